The number of tetrazole rings is 1. The fourth-order valence-corrected chi connectivity index (χ4v) is 0.877. The van der Waals surface area contributed by atoms with E-state index in [1.54, 1.807) is 17.9 Å². The van der Waals surface area contributed by atoms with Gasteiger partial charge < -0.3 is 5.32 Å². The third-order valence-electron chi connectivity index (χ3n) is 1.53. The molecule has 0 saturated carbocycles. The molecule has 68 valence electrons. The zero-order valence-electron chi connectivity index (χ0n) is 6.97. The molecule has 8 heteroatoms. The van der Waals surface area contributed by atoms with Crippen molar-refractivity contribution in [3.05, 3.63) is 12.0 Å². The van der Waals surface area contributed by atoms with Crippen molar-refractivity contribution in [1.29, 1.82) is 0 Å². The van der Waals surface area contributed by atoms with Gasteiger partial charge in [-0.2, -0.15) is 5.21 Å². The predicted molar refractivity (Wildman–Crippen MR) is 42.5 cm³/mol. The minimum Gasteiger partial charge on any atom is -0.362 e. The van der Waals surface area contributed by atoms with Crippen LogP contribution >= 0.6 is 0 Å². The zero-order valence-corrected chi connectivity index (χ0v) is 6.97. The summed E-state index contributed by atoms with van der Waals surface area (Å²) < 4.78 is 1.63. The quantitative estimate of drug-likeness (QED) is 0.624. The second-order valence-electron chi connectivity index (χ2n) is 2.42. The molecule has 2 aromatic rings. The van der Waals surface area contributed by atoms with Crippen LogP contribution in [0.2, 0.25) is 0 Å². The molecule has 0 aliphatic carbocycles. The average molecular weight is 180 g/mol. The second kappa shape index (κ2) is 3.17. The second-order valence-corrected chi connectivity index (χ2v) is 2.42. The van der Waals surface area contributed by atoms with Crippen LogP contribution in [-0.4, -0.2) is 35.6 Å². The zero-order chi connectivity index (χ0) is 9.10. The van der Waals surface area contributed by atoms with Crippen molar-refractivity contribution in [2.24, 2.45) is 7.05 Å². The van der Waals surface area contributed by atoms with E-state index >= 15 is 0 Å². The molecule has 0 aromatic carbocycles. The van der Waals surface area contributed by atoms with Crippen molar-refractivity contribution < 1.29 is 0 Å². The molecular weight excluding hydrogens is 172 g/mol. The first-order valence-electron chi connectivity index (χ1n) is 3.67. The number of nitrogens with one attached hydrogen (secondary N) is 2. The number of aromatic amines is 1. The molecule has 0 spiro atoms. The summed E-state index contributed by atoms with van der Waals surface area (Å²) in [5.74, 6) is 1.41. The first kappa shape index (κ1) is 7.65. The smallest absolute Gasteiger partial charge is 0.193 e. The maximum atomic E-state index is 3.79. The van der Waals surface area contributed by atoms with Gasteiger partial charge in [0.15, 0.2) is 5.82 Å². The molecule has 2 aromatic heterocycles. The van der Waals surface area contributed by atoms with Gasteiger partial charge in [-0.3, -0.25) is 0 Å². The lowest BCUT2D eigenvalue weighted by molar-refractivity contribution is 0.715. The monoisotopic (exact) mass is 180 g/mol. The van der Waals surface area contributed by atoms with Crippen LogP contribution in [0.1, 0.15) is 5.82 Å². The summed E-state index contributed by atoms with van der Waals surface area (Å²) in [5, 5.41) is 23.9. The van der Waals surface area contributed by atoms with Crippen molar-refractivity contribution in [3.63, 3.8) is 0 Å². The Kier molecular flexibility index (Phi) is 1.87. The van der Waals surface area contributed by atoms with Crippen molar-refractivity contribution in [2.75, 3.05) is 5.32 Å². The lowest BCUT2D eigenvalue weighted by atomic mass is 10.6. The number of nitrogens with zero attached hydrogens (tertiary/aromatic N) is 6. The fraction of sp³-hybridized carbons (Fsp3) is 0.400. The van der Waals surface area contributed by atoms with Gasteiger partial charge in [0.25, 0.3) is 0 Å². The van der Waals surface area contributed by atoms with E-state index in [1.165, 1.54) is 0 Å². The van der Waals surface area contributed by atoms with Crippen LogP contribution in [0.3, 0.4) is 0 Å². The van der Waals surface area contributed by atoms with Crippen LogP contribution in [0, 0.1) is 0 Å². The number of anilines is 1. The Morgan fingerprint density at radius 3 is 3.15 bits per heavy atom. The van der Waals surface area contributed by atoms with Gasteiger partial charge >= 0.3 is 0 Å². The van der Waals surface area contributed by atoms with E-state index in [0.29, 0.717) is 12.4 Å². The Morgan fingerprint density at radius 2 is 2.54 bits per heavy atom. The van der Waals surface area contributed by atoms with Gasteiger partial charge in [-0.05, 0) is 0 Å². The standard InChI is InChI=1S/C5H8N8/c1-13-5(3-7-12-13)6-2-4-8-10-11-9-4/h3,6H,2H2,1H3,(H,8,9,10,11). The summed E-state index contributed by atoms with van der Waals surface area (Å²) in [5.41, 5.74) is 0. The van der Waals surface area contributed by atoms with Crippen molar-refractivity contribution in [2.45, 2.75) is 6.54 Å². The maximum absolute atomic E-state index is 3.79. The molecule has 0 aliphatic heterocycles. The predicted octanol–water partition coefficient (Wildman–Crippen LogP) is -1.06. The summed E-state index contributed by atoms with van der Waals surface area (Å²) >= 11 is 0. The number of rotatable bonds is 3. The molecule has 8 nitrogen and oxygen atoms in total. The average Bonchev–Trinajstić information content (AvgIpc) is 2.72. The molecule has 0 aliphatic rings. The Hall–Kier alpha value is -1.99. The third-order valence-corrected chi connectivity index (χ3v) is 1.53. The lowest BCUT2D eigenvalue weighted by Gasteiger charge is -2.00. The molecule has 13 heavy (non-hydrogen) atoms. The minimum absolute atomic E-state index is 0.498. The molecule has 0 fully saturated rings. The van der Waals surface area contributed by atoms with Gasteiger partial charge in [0.2, 0.25) is 0 Å². The summed E-state index contributed by atoms with van der Waals surface area (Å²) in [6, 6.07) is 0. The normalized spacial score (nSPS) is 10.2. The molecular formula is C5H8N8. The van der Waals surface area contributed by atoms with Crippen LogP contribution in [0.4, 0.5) is 5.82 Å². The van der Waals surface area contributed by atoms with Crippen LogP contribution in [-0.2, 0) is 13.6 Å². The van der Waals surface area contributed by atoms with Crippen LogP contribution in [0.25, 0.3) is 0 Å². The lowest BCUT2D eigenvalue weighted by Crippen LogP contribution is -2.05. The van der Waals surface area contributed by atoms with Crippen molar-refractivity contribution in [1.82, 2.24) is 35.6 Å². The third kappa shape index (κ3) is 1.60. The number of aryl methyl sites for hydroxylation is 1. The van der Waals surface area contributed by atoms with Gasteiger partial charge in [-0.15, -0.1) is 15.3 Å². The Balaban J connectivity index is 1.97. The highest BCUT2D eigenvalue weighted by Crippen LogP contribution is 2.01. The maximum Gasteiger partial charge on any atom is 0.193 e. The highest BCUT2D eigenvalue weighted by molar-refractivity contribution is 5.30. The Labute approximate surface area is 73.3 Å². The van der Waals surface area contributed by atoms with Crippen molar-refractivity contribution in [3.8, 4) is 0 Å². The molecule has 0 amide bonds. The van der Waals surface area contributed by atoms with E-state index < -0.39 is 0 Å². The van der Waals surface area contributed by atoms with E-state index in [0.717, 1.165) is 5.82 Å². The molecule has 2 heterocycles. The van der Waals surface area contributed by atoms with E-state index in [4.69, 9.17) is 0 Å². The number of hydrogen-bond acceptors (Lipinski definition) is 6. The fourth-order valence-electron chi connectivity index (χ4n) is 0.877. The number of aromatic nitrogens is 7. The van der Waals surface area contributed by atoms with Gasteiger partial charge in [-0.1, -0.05) is 10.4 Å². The highest BCUT2D eigenvalue weighted by Gasteiger charge is 2.00. The topological polar surface area (TPSA) is 97.2 Å². The van der Waals surface area contributed by atoms with E-state index in [2.05, 4.69) is 36.3 Å². The number of H-pyrrole nitrogens is 1. The van der Waals surface area contributed by atoms with E-state index in [-0.39, 0.29) is 0 Å². The number of hydrogen-bond donors (Lipinski definition) is 2. The molecule has 0 unspecified atom stereocenters. The Bertz CT molecular complexity index is 362. The van der Waals surface area contributed by atoms with Crippen LogP contribution < -0.4 is 5.32 Å². The SMILES string of the molecule is Cn1nncc1NCc1nn[nH]n1. The summed E-state index contributed by atoms with van der Waals surface area (Å²) in [6.07, 6.45) is 1.63. The molecule has 0 bridgehead atoms. The summed E-state index contributed by atoms with van der Waals surface area (Å²) in [6.45, 7) is 0.498. The highest BCUT2D eigenvalue weighted by atomic mass is 15.5. The van der Waals surface area contributed by atoms with Gasteiger partial charge in [0.1, 0.15) is 5.82 Å². The largest absolute Gasteiger partial charge is 0.362 e. The summed E-state index contributed by atoms with van der Waals surface area (Å²) in [7, 11) is 1.80. The molecule has 2 rings (SSSR count). The molecule has 0 radical (unpaired) electrons. The van der Waals surface area contributed by atoms with Gasteiger partial charge in [0.05, 0.1) is 12.7 Å². The van der Waals surface area contributed by atoms with Crippen LogP contribution in [0.15, 0.2) is 6.20 Å². The Morgan fingerprint density at radius 1 is 1.62 bits per heavy atom. The van der Waals surface area contributed by atoms with E-state index in [9.17, 15) is 0 Å². The molecule has 0 atom stereocenters. The van der Waals surface area contributed by atoms with Gasteiger partial charge in [0, 0.05) is 7.05 Å². The molecule has 2 N–H and O–H groups in total. The van der Waals surface area contributed by atoms with E-state index in [1.807, 2.05) is 0 Å². The first-order valence-corrected chi connectivity index (χ1v) is 3.67. The summed E-state index contributed by atoms with van der Waals surface area (Å²) in [4.78, 5) is 0. The van der Waals surface area contributed by atoms with Crippen molar-refractivity contribution >= 4 is 5.82 Å². The first-order chi connectivity index (χ1) is 6.36. The minimum atomic E-state index is 0.498. The molecule has 0 saturated heterocycles. The van der Waals surface area contributed by atoms with Gasteiger partial charge in [-0.25, -0.2) is 4.68 Å². The van der Waals surface area contributed by atoms with Crippen LogP contribution in [0.5, 0.6) is 0 Å².